The SMILES string of the molecule is CSC(C)(C)Cn1c(=S)[nH]c2cnc3ccccc3c21. The summed E-state index contributed by atoms with van der Waals surface area (Å²) >= 11 is 7.35. The summed E-state index contributed by atoms with van der Waals surface area (Å²) in [4.78, 5) is 7.76. The molecule has 3 rings (SSSR count). The van der Waals surface area contributed by atoms with Crippen LogP contribution in [0.15, 0.2) is 30.5 Å². The fourth-order valence-corrected chi connectivity index (χ4v) is 2.91. The molecule has 0 aliphatic rings. The number of H-pyrrole nitrogens is 1. The van der Waals surface area contributed by atoms with Crippen LogP contribution in [0.2, 0.25) is 0 Å². The summed E-state index contributed by atoms with van der Waals surface area (Å²) in [6, 6.07) is 8.20. The first kappa shape index (κ1) is 13.6. The van der Waals surface area contributed by atoms with Gasteiger partial charge in [-0.15, -0.1) is 0 Å². The molecule has 0 atom stereocenters. The number of thioether (sulfide) groups is 1. The number of rotatable bonds is 3. The molecule has 2 heterocycles. The van der Waals surface area contributed by atoms with Crippen molar-refractivity contribution in [2.24, 2.45) is 0 Å². The number of para-hydroxylation sites is 1. The van der Waals surface area contributed by atoms with Crippen LogP contribution in [0.1, 0.15) is 13.8 Å². The number of nitrogens with one attached hydrogen (secondary N) is 1. The van der Waals surface area contributed by atoms with Crippen molar-refractivity contribution in [2.45, 2.75) is 25.1 Å². The minimum atomic E-state index is 0.137. The minimum Gasteiger partial charge on any atom is -0.329 e. The lowest BCUT2D eigenvalue weighted by Crippen LogP contribution is -2.22. The standard InChI is InChI=1S/C15H17N3S2/c1-15(2,20-3)9-18-13-10-6-4-5-7-11(10)16-8-12(13)17-14(18)19/h4-8H,9H2,1-3H3,(H,17,19). The maximum absolute atomic E-state index is 5.50. The molecule has 5 heteroatoms. The van der Waals surface area contributed by atoms with Gasteiger partial charge >= 0.3 is 0 Å². The number of hydrogen-bond acceptors (Lipinski definition) is 3. The zero-order chi connectivity index (χ0) is 14.3. The Morgan fingerprint density at radius 3 is 2.85 bits per heavy atom. The van der Waals surface area contributed by atoms with Gasteiger partial charge in [-0.2, -0.15) is 11.8 Å². The summed E-state index contributed by atoms with van der Waals surface area (Å²) in [6.45, 7) is 5.35. The highest BCUT2D eigenvalue weighted by Gasteiger charge is 2.19. The van der Waals surface area contributed by atoms with E-state index in [4.69, 9.17) is 12.2 Å². The van der Waals surface area contributed by atoms with E-state index < -0.39 is 0 Å². The Bertz CT molecular complexity index is 830. The number of aromatic amines is 1. The number of benzene rings is 1. The van der Waals surface area contributed by atoms with Gasteiger partial charge in [-0.25, -0.2) is 0 Å². The highest BCUT2D eigenvalue weighted by atomic mass is 32.2. The Morgan fingerprint density at radius 1 is 1.35 bits per heavy atom. The summed E-state index contributed by atoms with van der Waals surface area (Å²) < 4.78 is 3.10. The van der Waals surface area contributed by atoms with Crippen LogP contribution in [-0.4, -0.2) is 25.5 Å². The first-order valence-electron chi connectivity index (χ1n) is 6.53. The van der Waals surface area contributed by atoms with Crippen molar-refractivity contribution < 1.29 is 0 Å². The van der Waals surface area contributed by atoms with E-state index in [2.05, 4.69) is 40.7 Å². The zero-order valence-corrected chi connectivity index (χ0v) is 13.4. The summed E-state index contributed by atoms with van der Waals surface area (Å²) in [5, 5.41) is 1.15. The van der Waals surface area contributed by atoms with Crippen LogP contribution in [0, 0.1) is 4.77 Å². The van der Waals surface area contributed by atoms with Crippen molar-refractivity contribution in [3.63, 3.8) is 0 Å². The largest absolute Gasteiger partial charge is 0.329 e. The summed E-state index contributed by atoms with van der Waals surface area (Å²) in [5.74, 6) is 0. The van der Waals surface area contributed by atoms with Gasteiger partial charge in [-0.05, 0) is 38.4 Å². The van der Waals surface area contributed by atoms with E-state index in [1.165, 1.54) is 0 Å². The molecule has 0 bridgehead atoms. The van der Waals surface area contributed by atoms with Crippen molar-refractivity contribution >= 4 is 45.9 Å². The van der Waals surface area contributed by atoms with Gasteiger partial charge in [-0.3, -0.25) is 4.98 Å². The third-order valence-electron chi connectivity index (χ3n) is 3.60. The predicted octanol–water partition coefficient (Wildman–Crippen LogP) is 4.39. The minimum absolute atomic E-state index is 0.137. The van der Waals surface area contributed by atoms with Gasteiger partial charge in [-0.1, -0.05) is 18.2 Å². The van der Waals surface area contributed by atoms with E-state index in [0.717, 1.165) is 33.3 Å². The Morgan fingerprint density at radius 2 is 2.10 bits per heavy atom. The summed E-state index contributed by atoms with van der Waals surface area (Å²) in [6.07, 6.45) is 4.01. The van der Waals surface area contributed by atoms with E-state index >= 15 is 0 Å². The van der Waals surface area contributed by atoms with Crippen LogP contribution in [0.25, 0.3) is 21.9 Å². The highest BCUT2D eigenvalue weighted by Crippen LogP contribution is 2.28. The third-order valence-corrected chi connectivity index (χ3v) is 5.15. The molecule has 0 aliphatic carbocycles. The molecular weight excluding hydrogens is 286 g/mol. The molecule has 0 saturated heterocycles. The summed E-state index contributed by atoms with van der Waals surface area (Å²) in [7, 11) is 0. The predicted molar refractivity (Wildman–Crippen MR) is 90.0 cm³/mol. The molecule has 0 fully saturated rings. The fourth-order valence-electron chi connectivity index (χ4n) is 2.39. The maximum atomic E-state index is 5.50. The van der Waals surface area contributed by atoms with Crippen molar-refractivity contribution in [3.05, 3.63) is 35.2 Å². The highest BCUT2D eigenvalue weighted by molar-refractivity contribution is 7.99. The molecule has 0 saturated carbocycles. The van der Waals surface area contributed by atoms with Crippen LogP contribution in [0.5, 0.6) is 0 Å². The molecule has 20 heavy (non-hydrogen) atoms. The molecule has 3 aromatic rings. The Hall–Kier alpha value is -1.33. The van der Waals surface area contributed by atoms with Crippen LogP contribution >= 0.6 is 24.0 Å². The van der Waals surface area contributed by atoms with Crippen LogP contribution in [0.3, 0.4) is 0 Å². The lowest BCUT2D eigenvalue weighted by Gasteiger charge is -2.23. The van der Waals surface area contributed by atoms with Gasteiger partial charge in [0.25, 0.3) is 0 Å². The first-order chi connectivity index (χ1) is 9.52. The van der Waals surface area contributed by atoms with E-state index in [0.29, 0.717) is 0 Å². The van der Waals surface area contributed by atoms with Gasteiger partial charge in [0.2, 0.25) is 0 Å². The van der Waals surface area contributed by atoms with Crippen LogP contribution in [-0.2, 0) is 6.54 Å². The molecule has 1 N–H and O–H groups in total. The number of aromatic nitrogens is 3. The van der Waals surface area contributed by atoms with E-state index in [1.54, 1.807) is 0 Å². The number of fused-ring (bicyclic) bond motifs is 3. The molecular formula is C15H17N3S2. The van der Waals surface area contributed by atoms with Crippen molar-refractivity contribution in [3.8, 4) is 0 Å². The number of imidazole rings is 1. The molecule has 0 radical (unpaired) electrons. The monoisotopic (exact) mass is 303 g/mol. The lowest BCUT2D eigenvalue weighted by atomic mass is 10.1. The second-order valence-electron chi connectivity index (χ2n) is 5.52. The van der Waals surface area contributed by atoms with E-state index in [1.807, 2.05) is 36.2 Å². The van der Waals surface area contributed by atoms with Crippen LogP contribution in [0.4, 0.5) is 0 Å². The molecule has 2 aromatic heterocycles. The van der Waals surface area contributed by atoms with Gasteiger partial charge in [0.1, 0.15) is 0 Å². The lowest BCUT2D eigenvalue weighted by molar-refractivity contribution is 0.575. The van der Waals surface area contributed by atoms with Crippen molar-refractivity contribution in [1.82, 2.24) is 14.5 Å². The zero-order valence-electron chi connectivity index (χ0n) is 11.8. The third kappa shape index (κ3) is 2.25. The molecule has 3 nitrogen and oxygen atoms in total. The van der Waals surface area contributed by atoms with Gasteiger partial charge < -0.3 is 9.55 Å². The normalized spacial score (nSPS) is 12.3. The van der Waals surface area contributed by atoms with E-state index in [-0.39, 0.29) is 4.75 Å². The number of nitrogens with zero attached hydrogens (tertiary/aromatic N) is 2. The number of pyridine rings is 1. The smallest absolute Gasteiger partial charge is 0.178 e. The quantitative estimate of drug-likeness (QED) is 0.729. The van der Waals surface area contributed by atoms with Crippen molar-refractivity contribution in [1.29, 1.82) is 0 Å². The fraction of sp³-hybridized carbons (Fsp3) is 0.333. The molecule has 0 aliphatic heterocycles. The number of hydrogen-bond donors (Lipinski definition) is 1. The Labute approximate surface area is 127 Å². The average Bonchev–Trinajstić information content (AvgIpc) is 2.75. The molecule has 104 valence electrons. The maximum Gasteiger partial charge on any atom is 0.178 e. The topological polar surface area (TPSA) is 33.6 Å². The van der Waals surface area contributed by atoms with Gasteiger partial charge in [0.15, 0.2) is 4.77 Å². The second kappa shape index (κ2) is 4.90. The second-order valence-corrected chi connectivity index (χ2v) is 7.42. The van der Waals surface area contributed by atoms with Gasteiger partial charge in [0.05, 0.1) is 22.7 Å². The Kier molecular flexibility index (Phi) is 3.34. The first-order valence-corrected chi connectivity index (χ1v) is 8.16. The molecule has 0 spiro atoms. The Balaban J connectivity index is 2.33. The molecule has 0 unspecified atom stereocenters. The molecule has 1 aromatic carbocycles. The van der Waals surface area contributed by atoms with Gasteiger partial charge in [0, 0.05) is 16.7 Å². The van der Waals surface area contributed by atoms with Crippen molar-refractivity contribution in [2.75, 3.05) is 6.26 Å². The van der Waals surface area contributed by atoms with E-state index in [9.17, 15) is 0 Å². The summed E-state index contributed by atoms with van der Waals surface area (Å²) in [5.41, 5.74) is 3.16. The average molecular weight is 303 g/mol. The van der Waals surface area contributed by atoms with Crippen LogP contribution < -0.4 is 0 Å². The molecule has 0 amide bonds.